The van der Waals surface area contributed by atoms with Crippen LogP contribution in [0.25, 0.3) is 164 Å². The van der Waals surface area contributed by atoms with E-state index < -0.39 is 18.8 Å². The summed E-state index contributed by atoms with van der Waals surface area (Å²) in [5.41, 5.74) is 26.8. The molecule has 0 spiro atoms. The summed E-state index contributed by atoms with van der Waals surface area (Å²) in [6.45, 7) is 30.7. The number of H-pyrrole nitrogens is 1. The van der Waals surface area contributed by atoms with Gasteiger partial charge in [0.15, 0.2) is 0 Å². The molecule has 3 aliphatic rings. The second-order valence-electron chi connectivity index (χ2n) is 30.8. The number of halogens is 3. The minimum absolute atomic E-state index is 0. The van der Waals surface area contributed by atoms with E-state index in [2.05, 4.69) is 278 Å². The second kappa shape index (κ2) is 29.8. The maximum absolute atomic E-state index is 14.9. The summed E-state index contributed by atoms with van der Waals surface area (Å²) in [4.78, 5) is 11.5. The van der Waals surface area contributed by atoms with Gasteiger partial charge < -0.3 is 15.5 Å². The average molecular weight is 1520 g/mol. The van der Waals surface area contributed by atoms with Crippen LogP contribution in [0.4, 0.5) is 24.5 Å². The van der Waals surface area contributed by atoms with E-state index in [9.17, 15) is 30.3 Å². The molecular weight excluding hydrogens is 1440 g/mol. The molecule has 0 aliphatic heterocycles. The molecule has 21 rings (SSSR count). The van der Waals surface area contributed by atoms with Crippen molar-refractivity contribution in [3.05, 3.63) is 382 Å². The Morgan fingerprint density at radius 1 is 0.371 bits per heavy atom. The number of nitrogens with one attached hydrogen (secondary N) is 1. The van der Waals surface area contributed by atoms with Gasteiger partial charge >= 0.3 is 29.6 Å². The van der Waals surface area contributed by atoms with Gasteiger partial charge in [-0.2, -0.15) is 10.5 Å². The van der Waals surface area contributed by atoms with Crippen molar-refractivity contribution in [3.8, 4) is 101 Å². The number of hydrogen-bond donors (Lipinski definition) is 1. The molecule has 3 aliphatic carbocycles. The number of rotatable bonds is 6. The summed E-state index contributed by atoms with van der Waals surface area (Å²) < 4.78 is 50.1. The Bertz CT molecular complexity index is 7000. The minimum atomic E-state index is -1.00. The van der Waals surface area contributed by atoms with Crippen molar-refractivity contribution in [2.45, 2.75) is 65.2 Å². The van der Waals surface area contributed by atoms with Crippen LogP contribution in [0.1, 0.15) is 96.3 Å². The average Bonchev–Trinajstić information content (AvgIpc) is 1.51. The maximum atomic E-state index is 14.9. The first kappa shape index (κ1) is 75.2. The molecule has 0 atom stereocenters. The van der Waals surface area contributed by atoms with Gasteiger partial charge in [0.05, 0.1) is 71.8 Å². The van der Waals surface area contributed by atoms with Gasteiger partial charge in [0.1, 0.15) is 23.8 Å². The molecule has 0 amide bonds. The number of nitriles is 2. The van der Waals surface area contributed by atoms with E-state index in [1.54, 1.807) is 66.7 Å². The molecule has 18 aromatic rings. The number of aromatic nitrogens is 3. The number of aromatic amines is 1. The van der Waals surface area contributed by atoms with Crippen molar-refractivity contribution in [1.29, 1.82) is 10.5 Å². The third kappa shape index (κ3) is 11.4. The number of para-hydroxylation sites is 3. The van der Waals surface area contributed by atoms with Gasteiger partial charge in [-0.05, 0) is 107 Å². The van der Waals surface area contributed by atoms with Crippen molar-refractivity contribution in [3.63, 3.8) is 0 Å². The van der Waals surface area contributed by atoms with Gasteiger partial charge in [-0.1, -0.05) is 334 Å². The summed E-state index contributed by atoms with van der Waals surface area (Å²) in [6, 6.07) is 108. The third-order valence-corrected chi connectivity index (χ3v) is 23.8. The zero-order chi connectivity index (χ0) is 79.3. The number of hydrogen-bond acceptors (Lipinski definition) is 2. The Hall–Kier alpha value is -13.6. The van der Waals surface area contributed by atoms with E-state index in [0.717, 1.165) is 71.7 Å². The molecule has 0 saturated heterocycles. The van der Waals surface area contributed by atoms with Crippen LogP contribution in [-0.2, 0) is 16.2 Å². The molecule has 554 valence electrons. The van der Waals surface area contributed by atoms with Crippen LogP contribution in [0.2, 0.25) is 0 Å². The van der Waals surface area contributed by atoms with Gasteiger partial charge in [0.2, 0.25) is 11.4 Å². The summed E-state index contributed by atoms with van der Waals surface area (Å²) in [7, 11) is -1.00. The Balaban J connectivity index is 0.000000170. The molecule has 0 bridgehead atoms. The second-order valence-corrected chi connectivity index (χ2v) is 30.8. The fourth-order valence-corrected chi connectivity index (χ4v) is 19.0. The molecule has 0 saturated carbocycles. The smallest absolute Gasteiger partial charge is 1.00 e. The summed E-state index contributed by atoms with van der Waals surface area (Å²) >= 11 is 0. The maximum Gasteiger partial charge on any atom is 1.00 e. The van der Waals surface area contributed by atoms with Crippen LogP contribution in [0, 0.1) is 47.4 Å². The summed E-state index contributed by atoms with van der Waals surface area (Å²) in [6.07, 6.45) is 0. The monoisotopic (exact) mass is 1520 g/mol. The van der Waals surface area contributed by atoms with Gasteiger partial charge in [-0.25, -0.2) is 18.5 Å². The van der Waals surface area contributed by atoms with Crippen LogP contribution in [0.5, 0.6) is 0 Å². The van der Waals surface area contributed by atoms with E-state index in [-0.39, 0.29) is 82.6 Å². The number of benzene rings is 15. The third-order valence-electron chi connectivity index (χ3n) is 23.8. The van der Waals surface area contributed by atoms with Gasteiger partial charge in [0.25, 0.3) is 0 Å². The normalized spacial score (nSPS) is 13.1. The predicted octanol–water partition coefficient (Wildman–Crippen LogP) is 25.9. The van der Waals surface area contributed by atoms with E-state index in [1.807, 2.05) is 36.4 Å². The summed E-state index contributed by atoms with van der Waals surface area (Å²) in [5.74, 6) is -1.90. The van der Waals surface area contributed by atoms with Gasteiger partial charge in [0, 0.05) is 76.3 Å². The minimum Gasteiger partial charge on any atom is -1.00 e. The summed E-state index contributed by atoms with van der Waals surface area (Å²) in [5, 5.41) is 28.6. The molecule has 3 aromatic heterocycles. The topological polar surface area (TPSA) is 81.9 Å². The van der Waals surface area contributed by atoms with Crippen LogP contribution < -0.4 is 29.6 Å². The molecule has 1 N–H and O–H groups in total. The first-order chi connectivity index (χ1) is 56.0. The standard InChI is InChI=1S/C62H42N4.C21H17N.C20H10F2N2.CH3F.CH4.Na.H/c1-61(2)48-28-16-12-24-39(48)43-32-34-45-41-26-14-18-30-50(41)65(58(45)54(43)61)57-47(36-63)52(37-20-8-6-9-21-37)56(64-5)60(53(57)38-22-10-7-11-23-38)66-51-31-19-15-27-42(51)46-35-33-44-40-25-13-17-29-49(40)62(3,4)55(44)59(46)66;1-21(2)17-9-5-3-7-13(17)15-11-12-16-14-8-4-6-10-18(14)22-20(16)19(15)21;1-24-20-16(13-8-4-2-5-9-13)15(12-23)18(21)17(19(20)22)14-10-6-3-7-11-14;1-2;;;/h6-35H,1-4H3;3-12,22H,1-2H3;2-11H;1H3;1H4;;/q;;;;;+1;-1/i;;;1D;;;. The van der Waals surface area contributed by atoms with E-state index in [4.69, 9.17) is 7.94 Å². The van der Waals surface area contributed by atoms with Crippen molar-refractivity contribution in [1.82, 2.24) is 14.1 Å². The Morgan fingerprint density at radius 2 is 0.716 bits per heavy atom. The fourth-order valence-electron chi connectivity index (χ4n) is 19.0. The first-order valence-corrected chi connectivity index (χ1v) is 37.9. The van der Waals surface area contributed by atoms with Crippen molar-refractivity contribution < 1.29 is 45.5 Å². The molecule has 15 aromatic carbocycles. The van der Waals surface area contributed by atoms with Gasteiger partial charge in [-0.15, -0.1) is 0 Å². The largest absolute Gasteiger partial charge is 1.00 e. The zero-order valence-corrected chi connectivity index (χ0v) is 66.4. The number of nitrogens with zero attached hydrogens (tertiary/aromatic N) is 6. The fraction of sp³-hybridized carbons (Fsp3) is 0.105. The molecule has 0 radical (unpaired) electrons. The molecule has 7 nitrogen and oxygen atoms in total. The molecule has 11 heteroatoms. The molecule has 0 fully saturated rings. The Labute approximate surface area is 697 Å². The number of fused-ring (bicyclic) bond motifs is 21. The SMILES string of the molecule is C.CC1(C)c2ccccc2-c2ccc3c([nH]c4ccccc43)c21.[2H]CF.[C-]#[N+]c1c(-c2ccccc2)c(C#N)c(-n2c3ccccc3c3ccc4c(c32)C(C)(C)c2ccccc2-4)c(-c2ccccc2)c1-n1c2ccccc2c2ccc3c(c21)C(C)(C)c1ccccc1-3.[C-]#[N+]c1c(F)c(-c2ccccc2)c(F)c(C#N)c1-c1ccccc1.[H-].[Na+]. The van der Waals surface area contributed by atoms with Crippen LogP contribution in [-0.4, -0.2) is 21.3 Å². The first-order valence-electron chi connectivity index (χ1n) is 38.6. The van der Waals surface area contributed by atoms with Crippen LogP contribution >= 0.6 is 0 Å². The molecule has 0 unspecified atom stereocenters. The quantitative estimate of drug-likeness (QED) is 0.133. The molecule has 3 heterocycles. The van der Waals surface area contributed by atoms with E-state index >= 15 is 0 Å². The van der Waals surface area contributed by atoms with Gasteiger partial charge in [-0.3, -0.25) is 4.39 Å². The molecular formula is C105H77F3N7Na. The van der Waals surface area contributed by atoms with Crippen molar-refractivity contribution >= 4 is 76.8 Å². The zero-order valence-electron chi connectivity index (χ0n) is 66.4. The van der Waals surface area contributed by atoms with Crippen molar-refractivity contribution in [2.24, 2.45) is 0 Å². The predicted molar refractivity (Wildman–Crippen MR) is 469 cm³/mol. The number of alkyl halides is 1. The van der Waals surface area contributed by atoms with Crippen molar-refractivity contribution in [2.75, 3.05) is 7.15 Å². The molecule has 116 heavy (non-hydrogen) atoms. The van der Waals surface area contributed by atoms with Crippen LogP contribution in [0.3, 0.4) is 0 Å². The van der Waals surface area contributed by atoms with E-state index in [0.29, 0.717) is 22.4 Å². The van der Waals surface area contributed by atoms with Crippen LogP contribution in [0.15, 0.2) is 303 Å². The van der Waals surface area contributed by atoms with E-state index in [1.165, 1.54) is 88.6 Å². The Kier molecular flexibility index (Phi) is 19.3. The Morgan fingerprint density at radius 3 is 1.16 bits per heavy atom.